The van der Waals surface area contributed by atoms with E-state index < -0.39 is 0 Å². The molecule has 0 bridgehead atoms. The Balaban J connectivity index is 1.86. The van der Waals surface area contributed by atoms with E-state index in [4.69, 9.17) is 9.47 Å². The summed E-state index contributed by atoms with van der Waals surface area (Å²) in [6.07, 6.45) is 4.09. The fourth-order valence-corrected chi connectivity index (χ4v) is 2.23. The summed E-state index contributed by atoms with van der Waals surface area (Å²) in [6, 6.07) is 0.449. The molecular formula is C13H23N3O2. The highest BCUT2D eigenvalue weighted by Crippen LogP contribution is 2.11. The molecule has 0 unspecified atom stereocenters. The second kappa shape index (κ2) is 6.31. The van der Waals surface area contributed by atoms with Gasteiger partial charge in [-0.05, 0) is 20.9 Å². The summed E-state index contributed by atoms with van der Waals surface area (Å²) in [6.45, 7) is 8.18. The Morgan fingerprint density at radius 2 is 2.33 bits per heavy atom. The first-order valence-electron chi connectivity index (χ1n) is 6.56. The number of hydrogen-bond acceptors (Lipinski definition) is 4. The molecule has 0 radical (unpaired) electrons. The van der Waals surface area contributed by atoms with Crippen molar-refractivity contribution in [3.8, 4) is 0 Å². The van der Waals surface area contributed by atoms with Crippen molar-refractivity contribution >= 4 is 0 Å². The lowest BCUT2D eigenvalue weighted by Crippen LogP contribution is -2.38. The average Bonchev–Trinajstić information content (AvgIpc) is 2.78. The van der Waals surface area contributed by atoms with E-state index in [1.54, 1.807) is 0 Å². The molecule has 0 amide bonds. The van der Waals surface area contributed by atoms with Gasteiger partial charge >= 0.3 is 0 Å². The molecule has 1 saturated heterocycles. The summed E-state index contributed by atoms with van der Waals surface area (Å²) in [4.78, 5) is 6.66. The maximum absolute atomic E-state index is 5.65. The molecule has 18 heavy (non-hydrogen) atoms. The van der Waals surface area contributed by atoms with Gasteiger partial charge in [0.1, 0.15) is 5.82 Å². The van der Waals surface area contributed by atoms with Crippen LogP contribution in [0.15, 0.2) is 12.4 Å². The van der Waals surface area contributed by atoms with Crippen molar-refractivity contribution in [3.63, 3.8) is 0 Å². The number of imidazole rings is 1. The molecule has 1 aliphatic rings. The lowest BCUT2D eigenvalue weighted by atomic mass is 10.3. The molecule has 102 valence electrons. The minimum absolute atomic E-state index is 0.186. The highest BCUT2D eigenvalue weighted by molar-refractivity contribution is 4.94. The molecule has 2 rings (SSSR count). The third-order valence-corrected chi connectivity index (χ3v) is 3.12. The largest absolute Gasteiger partial charge is 0.376 e. The molecule has 0 spiro atoms. The van der Waals surface area contributed by atoms with E-state index >= 15 is 0 Å². The summed E-state index contributed by atoms with van der Waals surface area (Å²) in [5.41, 5.74) is 0. The zero-order chi connectivity index (χ0) is 13.0. The normalized spacial score (nSPS) is 20.8. The number of aromatic nitrogens is 2. The van der Waals surface area contributed by atoms with Crippen LogP contribution < -0.4 is 0 Å². The molecule has 5 nitrogen and oxygen atoms in total. The Bertz CT molecular complexity index is 359. The summed E-state index contributed by atoms with van der Waals surface area (Å²) < 4.78 is 13.3. The second-order valence-corrected chi connectivity index (χ2v) is 5.11. The van der Waals surface area contributed by atoms with Crippen LogP contribution in [0.1, 0.15) is 25.7 Å². The van der Waals surface area contributed by atoms with Crippen LogP contribution in [-0.4, -0.2) is 54.0 Å². The van der Waals surface area contributed by atoms with Gasteiger partial charge in [-0.1, -0.05) is 0 Å². The van der Waals surface area contributed by atoms with Gasteiger partial charge in [0.2, 0.25) is 0 Å². The fraction of sp³-hybridized carbons (Fsp3) is 0.769. The zero-order valence-corrected chi connectivity index (χ0v) is 11.5. The van der Waals surface area contributed by atoms with Gasteiger partial charge in [0.05, 0.1) is 32.5 Å². The molecule has 0 N–H and O–H groups in total. The van der Waals surface area contributed by atoms with Gasteiger partial charge in [0.25, 0.3) is 0 Å². The van der Waals surface area contributed by atoms with Crippen LogP contribution in [0.25, 0.3) is 0 Å². The van der Waals surface area contributed by atoms with E-state index in [1.165, 1.54) is 0 Å². The molecule has 2 heterocycles. The van der Waals surface area contributed by atoms with Crippen molar-refractivity contribution in [2.24, 2.45) is 0 Å². The van der Waals surface area contributed by atoms with E-state index in [-0.39, 0.29) is 6.10 Å². The number of nitrogens with zero attached hydrogens (tertiary/aromatic N) is 3. The van der Waals surface area contributed by atoms with Gasteiger partial charge in [0, 0.05) is 25.0 Å². The van der Waals surface area contributed by atoms with Crippen LogP contribution in [0.2, 0.25) is 0 Å². The van der Waals surface area contributed by atoms with Crippen LogP contribution in [0.5, 0.6) is 0 Å². The van der Waals surface area contributed by atoms with Crippen LogP contribution in [0.3, 0.4) is 0 Å². The predicted octanol–water partition coefficient (Wildman–Crippen LogP) is 1.31. The number of ether oxygens (including phenoxy) is 2. The summed E-state index contributed by atoms with van der Waals surface area (Å²) in [5, 5.41) is 0. The van der Waals surface area contributed by atoms with Gasteiger partial charge < -0.3 is 14.0 Å². The molecular weight excluding hydrogens is 230 g/mol. The highest BCUT2D eigenvalue weighted by atomic mass is 16.6. The maximum Gasteiger partial charge on any atom is 0.123 e. The van der Waals surface area contributed by atoms with Crippen molar-refractivity contribution < 1.29 is 9.47 Å². The summed E-state index contributed by atoms with van der Waals surface area (Å²) >= 11 is 0. The molecule has 1 aromatic heterocycles. The van der Waals surface area contributed by atoms with E-state index in [9.17, 15) is 0 Å². The Labute approximate surface area is 109 Å². The first kappa shape index (κ1) is 13.5. The number of likely N-dealkylation sites (N-methyl/N-ethyl adjacent to an activating group) is 1. The Morgan fingerprint density at radius 1 is 1.50 bits per heavy atom. The molecule has 0 aliphatic carbocycles. The monoisotopic (exact) mass is 253 g/mol. The SMILES string of the molecule is CC(C)n1ccnc1CN(C)C[C@@H]1COCCO1. The van der Waals surface area contributed by atoms with Gasteiger partial charge in [-0.3, -0.25) is 4.90 Å². The van der Waals surface area contributed by atoms with E-state index in [2.05, 4.69) is 35.3 Å². The second-order valence-electron chi connectivity index (χ2n) is 5.11. The minimum atomic E-state index is 0.186. The van der Waals surface area contributed by atoms with Crippen LogP contribution in [0.4, 0.5) is 0 Å². The summed E-state index contributed by atoms with van der Waals surface area (Å²) in [7, 11) is 2.09. The van der Waals surface area contributed by atoms with Crippen molar-refractivity contribution in [1.82, 2.24) is 14.5 Å². The Kier molecular flexibility index (Phi) is 4.74. The smallest absolute Gasteiger partial charge is 0.123 e. The molecule has 0 aromatic carbocycles. The first-order valence-corrected chi connectivity index (χ1v) is 6.56. The van der Waals surface area contributed by atoms with Crippen LogP contribution in [-0.2, 0) is 16.0 Å². The molecule has 1 atom stereocenters. The quantitative estimate of drug-likeness (QED) is 0.793. The predicted molar refractivity (Wildman–Crippen MR) is 69.5 cm³/mol. The van der Waals surface area contributed by atoms with Gasteiger partial charge in [0.15, 0.2) is 0 Å². The van der Waals surface area contributed by atoms with Gasteiger partial charge in [-0.25, -0.2) is 4.98 Å². The Morgan fingerprint density at radius 3 is 3.00 bits per heavy atom. The standard InChI is InChI=1S/C13H23N3O2/c1-11(2)16-5-4-14-13(16)9-15(3)8-12-10-17-6-7-18-12/h4-5,11-12H,6-10H2,1-3H3/t12-/m1/s1. The highest BCUT2D eigenvalue weighted by Gasteiger charge is 2.17. The van der Waals surface area contributed by atoms with Crippen LogP contribution >= 0.6 is 0 Å². The number of hydrogen-bond donors (Lipinski definition) is 0. The summed E-state index contributed by atoms with van der Waals surface area (Å²) in [5.74, 6) is 1.10. The topological polar surface area (TPSA) is 39.5 Å². The van der Waals surface area contributed by atoms with E-state index in [0.29, 0.717) is 19.3 Å². The lowest BCUT2D eigenvalue weighted by molar-refractivity contribution is -0.0964. The maximum atomic E-state index is 5.65. The molecule has 5 heteroatoms. The fourth-order valence-electron chi connectivity index (χ4n) is 2.23. The molecule has 0 saturated carbocycles. The minimum Gasteiger partial charge on any atom is -0.376 e. The van der Waals surface area contributed by atoms with Crippen molar-refractivity contribution in [1.29, 1.82) is 0 Å². The van der Waals surface area contributed by atoms with Crippen molar-refractivity contribution in [2.75, 3.05) is 33.4 Å². The third kappa shape index (κ3) is 3.54. The van der Waals surface area contributed by atoms with Crippen LogP contribution in [0, 0.1) is 0 Å². The first-order chi connectivity index (χ1) is 8.66. The number of rotatable bonds is 5. The average molecular weight is 253 g/mol. The Hall–Kier alpha value is -0.910. The molecule has 1 fully saturated rings. The van der Waals surface area contributed by atoms with Gasteiger partial charge in [-0.2, -0.15) is 0 Å². The van der Waals surface area contributed by atoms with E-state index in [1.807, 2.05) is 12.4 Å². The van der Waals surface area contributed by atoms with Crippen molar-refractivity contribution in [3.05, 3.63) is 18.2 Å². The molecule has 1 aliphatic heterocycles. The van der Waals surface area contributed by atoms with E-state index in [0.717, 1.165) is 25.5 Å². The van der Waals surface area contributed by atoms with Gasteiger partial charge in [-0.15, -0.1) is 0 Å². The van der Waals surface area contributed by atoms with Crippen molar-refractivity contribution in [2.45, 2.75) is 32.5 Å². The third-order valence-electron chi connectivity index (χ3n) is 3.12. The zero-order valence-electron chi connectivity index (χ0n) is 11.5. The molecule has 1 aromatic rings. The lowest BCUT2D eigenvalue weighted by Gasteiger charge is -2.27.